The zero-order valence-electron chi connectivity index (χ0n) is 20.4. The molecule has 0 unspecified atom stereocenters. The summed E-state index contributed by atoms with van der Waals surface area (Å²) < 4.78 is 5.85. The predicted octanol–water partition coefficient (Wildman–Crippen LogP) is 6.21. The summed E-state index contributed by atoms with van der Waals surface area (Å²) in [5, 5.41) is 37.7. The van der Waals surface area contributed by atoms with Gasteiger partial charge in [-0.1, -0.05) is 38.8 Å². The van der Waals surface area contributed by atoms with Crippen molar-refractivity contribution in [3.05, 3.63) is 63.2 Å². The van der Waals surface area contributed by atoms with Crippen LogP contribution in [0, 0.1) is 32.8 Å². The van der Waals surface area contributed by atoms with E-state index < -0.39 is 4.92 Å². The van der Waals surface area contributed by atoms with Crippen LogP contribution in [0.25, 0.3) is 0 Å². The third-order valence-electron chi connectivity index (χ3n) is 5.49. The number of non-ortho nitro benzene ring substituents is 1. The molecule has 0 amide bonds. The predicted molar refractivity (Wildman–Crippen MR) is 134 cm³/mol. The van der Waals surface area contributed by atoms with Gasteiger partial charge in [0.2, 0.25) is 0 Å². The normalized spacial score (nSPS) is 11.0. The molecule has 0 aliphatic heterocycles. The first-order valence-corrected chi connectivity index (χ1v) is 12.0. The maximum atomic E-state index is 11.0. The number of benzene rings is 2. The molecule has 0 bridgehead atoms. The van der Waals surface area contributed by atoms with Gasteiger partial charge in [-0.3, -0.25) is 10.1 Å². The molecule has 0 radical (unpaired) electrons. The minimum absolute atomic E-state index is 0.0185. The number of hydrogen-bond acceptors (Lipinski definition) is 8. The molecule has 2 aromatic rings. The Morgan fingerprint density at radius 1 is 0.943 bits per heavy atom. The van der Waals surface area contributed by atoms with Crippen LogP contribution >= 0.6 is 0 Å². The molecule has 0 spiro atoms. The Morgan fingerprint density at radius 3 is 2.06 bits per heavy atom. The quantitative estimate of drug-likeness (QED) is 0.130. The van der Waals surface area contributed by atoms with Gasteiger partial charge in [0.15, 0.2) is 0 Å². The number of nitrogens with zero attached hydrogens (tertiary/aromatic N) is 6. The van der Waals surface area contributed by atoms with Gasteiger partial charge in [-0.25, -0.2) is 0 Å². The number of nitro benzene ring substituents is 1. The Bertz CT molecular complexity index is 1030. The number of unbranched alkanes of at least 4 members (excludes halogenated alkanes) is 2. The lowest BCUT2D eigenvalue weighted by atomic mass is 10.1. The molecule has 9 nitrogen and oxygen atoms in total. The van der Waals surface area contributed by atoms with Crippen molar-refractivity contribution >= 4 is 17.1 Å². The fraction of sp³-hybridized carbons (Fsp3) is 0.462. The first kappa shape index (κ1) is 27.6. The summed E-state index contributed by atoms with van der Waals surface area (Å²) >= 11 is 0. The van der Waals surface area contributed by atoms with Crippen molar-refractivity contribution in [1.29, 1.82) is 10.5 Å². The van der Waals surface area contributed by atoms with E-state index in [2.05, 4.69) is 29.0 Å². The summed E-state index contributed by atoms with van der Waals surface area (Å²) in [7, 11) is 0. The van der Waals surface area contributed by atoms with E-state index in [0.29, 0.717) is 12.3 Å². The second-order valence-electron chi connectivity index (χ2n) is 8.15. The van der Waals surface area contributed by atoms with Gasteiger partial charge in [-0.15, -0.1) is 5.11 Å². The lowest BCUT2D eigenvalue weighted by molar-refractivity contribution is -0.384. The average molecular weight is 477 g/mol. The van der Waals surface area contributed by atoms with Gasteiger partial charge in [-0.2, -0.15) is 15.6 Å². The topological polar surface area (TPSA) is 128 Å². The fourth-order valence-electron chi connectivity index (χ4n) is 3.42. The smallest absolute Gasteiger partial charge is 0.272 e. The number of rotatable bonds is 15. The Balaban J connectivity index is 1.90. The van der Waals surface area contributed by atoms with Crippen LogP contribution in [0.2, 0.25) is 0 Å². The zero-order valence-corrected chi connectivity index (χ0v) is 20.4. The van der Waals surface area contributed by atoms with E-state index in [1.54, 1.807) is 12.1 Å². The van der Waals surface area contributed by atoms with Crippen LogP contribution in [0.5, 0.6) is 0 Å². The minimum atomic E-state index is -0.653. The van der Waals surface area contributed by atoms with Gasteiger partial charge in [0, 0.05) is 18.7 Å². The molecule has 0 aliphatic carbocycles. The highest BCUT2D eigenvalue weighted by molar-refractivity contribution is 5.67. The molecule has 184 valence electrons. The second-order valence-corrected chi connectivity index (χ2v) is 8.15. The largest absolute Gasteiger partial charge is 0.380 e. The van der Waals surface area contributed by atoms with Gasteiger partial charge in [0.1, 0.15) is 17.8 Å². The van der Waals surface area contributed by atoms with Gasteiger partial charge in [0.05, 0.1) is 35.0 Å². The van der Waals surface area contributed by atoms with Gasteiger partial charge >= 0.3 is 0 Å². The molecule has 9 heteroatoms. The summed E-state index contributed by atoms with van der Waals surface area (Å²) in [4.78, 5) is 12.8. The fourth-order valence-corrected chi connectivity index (χ4v) is 3.42. The summed E-state index contributed by atoms with van der Waals surface area (Å²) in [5.74, 6) is 0. The highest BCUT2D eigenvalue weighted by Gasteiger charge is 2.16. The molecule has 2 aromatic carbocycles. The summed E-state index contributed by atoms with van der Waals surface area (Å²) in [6, 6.07) is 13.3. The number of ether oxygens (including phenoxy) is 1. The Morgan fingerprint density at radius 2 is 1.54 bits per heavy atom. The van der Waals surface area contributed by atoms with Crippen LogP contribution in [0.15, 0.2) is 46.6 Å². The van der Waals surface area contributed by atoms with Gasteiger partial charge in [0.25, 0.3) is 5.69 Å². The lowest BCUT2D eigenvalue weighted by Gasteiger charge is -2.21. The molecule has 0 aromatic heterocycles. The molecule has 0 saturated carbocycles. The number of nitro groups is 1. The first-order valence-electron chi connectivity index (χ1n) is 12.0. The molecule has 0 fully saturated rings. The SMILES string of the molecule is CCCCN(CCCC)CCOCCc1ccc(N=Nc2c(C#N)cc([N+](=O)[O-])cc2C#N)cc1. The maximum Gasteiger partial charge on any atom is 0.272 e. The van der Waals surface area contributed by atoms with Crippen molar-refractivity contribution in [2.45, 2.75) is 46.0 Å². The third-order valence-corrected chi connectivity index (χ3v) is 5.49. The van der Waals surface area contributed by atoms with E-state index in [-0.39, 0.29) is 22.5 Å². The highest BCUT2D eigenvalue weighted by Crippen LogP contribution is 2.30. The molecule has 0 aliphatic rings. The number of hydrogen-bond donors (Lipinski definition) is 0. The highest BCUT2D eigenvalue weighted by atomic mass is 16.6. The second kappa shape index (κ2) is 15.3. The van der Waals surface area contributed by atoms with E-state index in [1.165, 1.54) is 25.7 Å². The van der Waals surface area contributed by atoms with Crippen molar-refractivity contribution in [1.82, 2.24) is 4.90 Å². The molecule has 0 heterocycles. The van der Waals surface area contributed by atoms with Crippen molar-refractivity contribution < 1.29 is 9.66 Å². The summed E-state index contributed by atoms with van der Waals surface area (Å²) in [5.41, 5.74) is 1.18. The Hall–Kier alpha value is -3.66. The van der Waals surface area contributed by atoms with E-state index in [4.69, 9.17) is 4.74 Å². The van der Waals surface area contributed by atoms with Crippen LogP contribution in [0.4, 0.5) is 17.1 Å². The van der Waals surface area contributed by atoms with Crippen molar-refractivity contribution in [3.8, 4) is 12.1 Å². The van der Waals surface area contributed by atoms with Crippen LogP contribution in [0.1, 0.15) is 56.2 Å². The molecule has 0 saturated heterocycles. The van der Waals surface area contributed by atoms with Gasteiger partial charge < -0.3 is 9.64 Å². The van der Waals surface area contributed by atoms with Crippen LogP contribution in [-0.2, 0) is 11.2 Å². The van der Waals surface area contributed by atoms with Crippen molar-refractivity contribution in [2.75, 3.05) is 32.8 Å². The Kier molecular flexibility index (Phi) is 12.0. The maximum absolute atomic E-state index is 11.0. The number of nitriles is 2. The molecular formula is C26H32N6O3. The summed E-state index contributed by atoms with van der Waals surface area (Å²) in [6.45, 7) is 8.99. The molecule has 0 atom stereocenters. The molecule has 2 rings (SSSR count). The van der Waals surface area contributed by atoms with Crippen LogP contribution in [0.3, 0.4) is 0 Å². The summed E-state index contributed by atoms with van der Waals surface area (Å²) in [6.07, 6.45) is 5.61. The van der Waals surface area contributed by atoms with Crippen molar-refractivity contribution in [2.24, 2.45) is 10.2 Å². The molecule has 35 heavy (non-hydrogen) atoms. The van der Waals surface area contributed by atoms with E-state index >= 15 is 0 Å². The minimum Gasteiger partial charge on any atom is -0.380 e. The van der Waals surface area contributed by atoms with Crippen LogP contribution in [-0.4, -0.2) is 42.7 Å². The van der Waals surface area contributed by atoms with Crippen molar-refractivity contribution in [3.63, 3.8) is 0 Å². The van der Waals surface area contributed by atoms with Gasteiger partial charge in [-0.05, 0) is 50.0 Å². The average Bonchev–Trinajstić information content (AvgIpc) is 2.88. The first-order chi connectivity index (χ1) is 17.0. The van der Waals surface area contributed by atoms with Crippen LogP contribution < -0.4 is 0 Å². The third kappa shape index (κ3) is 9.24. The van der Waals surface area contributed by atoms with E-state index in [9.17, 15) is 20.6 Å². The van der Waals surface area contributed by atoms with E-state index in [0.717, 1.165) is 50.4 Å². The monoisotopic (exact) mass is 476 g/mol. The lowest BCUT2D eigenvalue weighted by Crippen LogP contribution is -2.30. The van der Waals surface area contributed by atoms with E-state index in [1.807, 2.05) is 24.3 Å². The zero-order chi connectivity index (χ0) is 25.5. The molecular weight excluding hydrogens is 444 g/mol. The standard InChI is InChI=1S/C26H32N6O3/c1-3-5-12-31(13-6-4-2)14-16-35-15-11-21-7-9-24(10-8-21)29-30-26-22(19-27)17-25(32(33)34)18-23(26)20-28/h7-10,17-18H,3-6,11-16H2,1-2H3. The number of azo groups is 1. The Labute approximate surface area is 206 Å². The molecule has 0 N–H and O–H groups in total.